The fourth-order valence-corrected chi connectivity index (χ4v) is 1.97. The fourth-order valence-electron chi connectivity index (χ4n) is 1.97. The summed E-state index contributed by atoms with van der Waals surface area (Å²) in [6, 6.07) is 0. The Morgan fingerprint density at radius 3 is 2.07 bits per heavy atom. The van der Waals surface area contributed by atoms with Gasteiger partial charge in [0.15, 0.2) is 5.41 Å². The molecule has 0 aromatic carbocycles. The molecule has 1 atom stereocenters. The van der Waals surface area contributed by atoms with Gasteiger partial charge in [0, 0.05) is 0 Å². The maximum atomic E-state index is 11.7. The van der Waals surface area contributed by atoms with Gasteiger partial charge in [0.05, 0.1) is 14.2 Å². The summed E-state index contributed by atoms with van der Waals surface area (Å²) < 4.78 is 9.35. The molecule has 0 amide bonds. The first-order chi connectivity index (χ1) is 6.97. The van der Waals surface area contributed by atoms with Crippen LogP contribution in [0.4, 0.5) is 0 Å². The highest BCUT2D eigenvalue weighted by Crippen LogP contribution is 2.41. The molecule has 4 nitrogen and oxygen atoms in total. The molecule has 0 saturated heterocycles. The lowest BCUT2D eigenvalue weighted by molar-refractivity contribution is -0.165. The highest BCUT2D eigenvalue weighted by atomic mass is 16.5. The fraction of sp³-hybridized carbons (Fsp3) is 0.636. The van der Waals surface area contributed by atoms with Crippen LogP contribution in [-0.2, 0) is 19.1 Å². The Bertz CT molecular complexity index is 301. The summed E-state index contributed by atoms with van der Waals surface area (Å²) in [5, 5.41) is 0. The monoisotopic (exact) mass is 212 g/mol. The SMILES string of the molecule is COC(=O)C1(C(=O)OC)C=C(C)C(C)C1. The van der Waals surface area contributed by atoms with Crippen LogP contribution in [0.2, 0.25) is 0 Å². The third-order valence-corrected chi connectivity index (χ3v) is 2.98. The molecule has 0 aliphatic heterocycles. The van der Waals surface area contributed by atoms with Gasteiger partial charge in [0.25, 0.3) is 0 Å². The van der Waals surface area contributed by atoms with Crippen molar-refractivity contribution in [2.45, 2.75) is 20.3 Å². The van der Waals surface area contributed by atoms with Crippen molar-refractivity contribution in [3.63, 3.8) is 0 Å². The number of hydrogen-bond donors (Lipinski definition) is 0. The van der Waals surface area contributed by atoms with Crippen molar-refractivity contribution in [3.05, 3.63) is 11.6 Å². The topological polar surface area (TPSA) is 52.6 Å². The average Bonchev–Trinajstić information content (AvgIpc) is 2.54. The standard InChI is InChI=1S/C11H16O4/c1-7-5-11(6-8(7)2,9(12)14-3)10(13)15-4/h5,8H,6H2,1-4H3. The van der Waals surface area contributed by atoms with Gasteiger partial charge in [-0.15, -0.1) is 0 Å². The summed E-state index contributed by atoms with van der Waals surface area (Å²) in [6.45, 7) is 3.87. The summed E-state index contributed by atoms with van der Waals surface area (Å²) in [7, 11) is 2.55. The number of rotatable bonds is 2. The molecular formula is C11H16O4. The minimum Gasteiger partial charge on any atom is -0.468 e. The van der Waals surface area contributed by atoms with Crippen molar-refractivity contribution < 1.29 is 19.1 Å². The van der Waals surface area contributed by atoms with Crippen molar-refractivity contribution in [1.29, 1.82) is 0 Å². The molecule has 0 fully saturated rings. The largest absolute Gasteiger partial charge is 0.468 e. The zero-order valence-corrected chi connectivity index (χ0v) is 9.49. The zero-order chi connectivity index (χ0) is 11.6. The van der Waals surface area contributed by atoms with Crippen LogP contribution < -0.4 is 0 Å². The van der Waals surface area contributed by atoms with E-state index in [0.717, 1.165) is 5.57 Å². The highest BCUT2D eigenvalue weighted by molar-refractivity contribution is 6.03. The van der Waals surface area contributed by atoms with Crippen molar-refractivity contribution >= 4 is 11.9 Å². The normalized spacial score (nSPS) is 23.2. The number of carbonyl (C=O) groups is 2. The Labute approximate surface area is 89.2 Å². The smallest absolute Gasteiger partial charge is 0.327 e. The van der Waals surface area contributed by atoms with E-state index < -0.39 is 17.4 Å². The van der Waals surface area contributed by atoms with Crippen LogP contribution in [0.1, 0.15) is 20.3 Å². The highest BCUT2D eigenvalue weighted by Gasteiger charge is 2.50. The Morgan fingerprint density at radius 1 is 1.33 bits per heavy atom. The molecule has 1 aliphatic carbocycles. The second-order valence-electron chi connectivity index (χ2n) is 3.95. The molecule has 1 rings (SSSR count). The van der Waals surface area contributed by atoms with Crippen LogP contribution in [0.25, 0.3) is 0 Å². The third-order valence-electron chi connectivity index (χ3n) is 2.98. The van der Waals surface area contributed by atoms with Crippen LogP contribution in [0, 0.1) is 11.3 Å². The first-order valence-electron chi connectivity index (χ1n) is 4.84. The molecule has 0 aromatic heterocycles. The number of ether oxygens (including phenoxy) is 2. The second kappa shape index (κ2) is 4.04. The Morgan fingerprint density at radius 2 is 1.80 bits per heavy atom. The maximum Gasteiger partial charge on any atom is 0.327 e. The predicted molar refractivity (Wildman–Crippen MR) is 54.0 cm³/mol. The molecule has 0 spiro atoms. The zero-order valence-electron chi connectivity index (χ0n) is 9.49. The van der Waals surface area contributed by atoms with Crippen LogP contribution in [0.3, 0.4) is 0 Å². The quantitative estimate of drug-likeness (QED) is 0.393. The molecular weight excluding hydrogens is 196 g/mol. The Balaban J connectivity index is 3.11. The van der Waals surface area contributed by atoms with Gasteiger partial charge in [-0.05, 0) is 19.3 Å². The van der Waals surface area contributed by atoms with E-state index >= 15 is 0 Å². The summed E-state index contributed by atoms with van der Waals surface area (Å²) >= 11 is 0. The first kappa shape index (κ1) is 11.8. The van der Waals surface area contributed by atoms with E-state index in [1.54, 1.807) is 6.08 Å². The van der Waals surface area contributed by atoms with E-state index in [-0.39, 0.29) is 5.92 Å². The molecule has 1 unspecified atom stereocenters. The van der Waals surface area contributed by atoms with Crippen molar-refractivity contribution in [3.8, 4) is 0 Å². The van der Waals surface area contributed by atoms with Gasteiger partial charge in [-0.2, -0.15) is 0 Å². The molecule has 4 heteroatoms. The number of allylic oxidation sites excluding steroid dienone is 1. The average molecular weight is 212 g/mol. The van der Waals surface area contributed by atoms with Gasteiger partial charge < -0.3 is 9.47 Å². The van der Waals surface area contributed by atoms with Crippen LogP contribution >= 0.6 is 0 Å². The predicted octanol–water partition coefficient (Wildman–Crippen LogP) is 1.30. The van der Waals surface area contributed by atoms with E-state index in [1.807, 2.05) is 13.8 Å². The van der Waals surface area contributed by atoms with E-state index in [9.17, 15) is 9.59 Å². The van der Waals surface area contributed by atoms with Gasteiger partial charge in [-0.3, -0.25) is 9.59 Å². The van der Waals surface area contributed by atoms with Gasteiger partial charge in [-0.1, -0.05) is 18.6 Å². The molecule has 15 heavy (non-hydrogen) atoms. The van der Waals surface area contributed by atoms with Crippen LogP contribution in [0.5, 0.6) is 0 Å². The lowest BCUT2D eigenvalue weighted by Gasteiger charge is -2.21. The molecule has 0 heterocycles. The van der Waals surface area contributed by atoms with Gasteiger partial charge >= 0.3 is 11.9 Å². The summed E-state index contributed by atoms with van der Waals surface area (Å²) in [6.07, 6.45) is 2.09. The van der Waals surface area contributed by atoms with Crippen LogP contribution in [-0.4, -0.2) is 26.2 Å². The third kappa shape index (κ3) is 1.76. The van der Waals surface area contributed by atoms with Crippen molar-refractivity contribution in [1.82, 2.24) is 0 Å². The van der Waals surface area contributed by atoms with E-state index in [4.69, 9.17) is 0 Å². The van der Waals surface area contributed by atoms with Gasteiger partial charge in [0.2, 0.25) is 0 Å². The minimum absolute atomic E-state index is 0.197. The van der Waals surface area contributed by atoms with Crippen molar-refractivity contribution in [2.24, 2.45) is 11.3 Å². The molecule has 1 aliphatic rings. The second-order valence-corrected chi connectivity index (χ2v) is 3.95. The summed E-state index contributed by atoms with van der Waals surface area (Å²) in [5.74, 6) is -0.890. The van der Waals surface area contributed by atoms with E-state index in [0.29, 0.717) is 6.42 Å². The molecule has 0 bridgehead atoms. The van der Waals surface area contributed by atoms with Crippen molar-refractivity contribution in [2.75, 3.05) is 14.2 Å². The number of methoxy groups -OCH3 is 2. The molecule has 0 saturated carbocycles. The summed E-state index contributed by atoms with van der Waals surface area (Å²) in [4.78, 5) is 23.3. The molecule has 84 valence electrons. The van der Waals surface area contributed by atoms with Crippen LogP contribution in [0.15, 0.2) is 11.6 Å². The van der Waals surface area contributed by atoms with E-state index in [2.05, 4.69) is 9.47 Å². The first-order valence-corrected chi connectivity index (χ1v) is 4.84. The molecule has 0 N–H and O–H groups in total. The summed E-state index contributed by atoms with van der Waals surface area (Å²) in [5.41, 5.74) is -0.210. The number of carbonyl (C=O) groups excluding carboxylic acids is 2. The number of esters is 2. The van der Waals surface area contributed by atoms with E-state index in [1.165, 1.54) is 14.2 Å². The minimum atomic E-state index is -1.23. The van der Waals surface area contributed by atoms with Gasteiger partial charge in [-0.25, -0.2) is 0 Å². The maximum absolute atomic E-state index is 11.7. The Kier molecular flexibility index (Phi) is 3.17. The molecule has 0 radical (unpaired) electrons. The Hall–Kier alpha value is -1.32. The molecule has 0 aromatic rings. The lowest BCUT2D eigenvalue weighted by Crippen LogP contribution is -2.38. The lowest BCUT2D eigenvalue weighted by atomic mass is 9.85. The van der Waals surface area contributed by atoms with Gasteiger partial charge in [0.1, 0.15) is 0 Å². The number of hydrogen-bond acceptors (Lipinski definition) is 4.